The maximum Gasteiger partial charge on any atom is 0.417 e. The molecule has 1 amide bonds. The van der Waals surface area contributed by atoms with E-state index in [1.54, 1.807) is 0 Å². The molecule has 0 aromatic heterocycles. The highest BCUT2D eigenvalue weighted by atomic mass is 79.9. The molecule has 1 aromatic carbocycles. The average Bonchev–Trinajstić information content (AvgIpc) is 2.27. The number of carbonyl (C=O) groups excluding carboxylic acids is 1. The number of rotatable bonds is 4. The summed E-state index contributed by atoms with van der Waals surface area (Å²) in [5.41, 5.74) is -0.771. The van der Waals surface area contributed by atoms with Crippen LogP contribution in [0.4, 0.5) is 18.9 Å². The summed E-state index contributed by atoms with van der Waals surface area (Å²) < 4.78 is 37.9. The normalized spacial score (nSPS) is 13.2. The fourth-order valence-corrected chi connectivity index (χ4v) is 1.86. The first kappa shape index (κ1) is 16.0. The van der Waals surface area contributed by atoms with E-state index >= 15 is 0 Å². The van der Waals surface area contributed by atoms with Gasteiger partial charge in [0.1, 0.15) is 0 Å². The van der Waals surface area contributed by atoms with Crippen molar-refractivity contribution >= 4 is 27.5 Å². The smallest absolute Gasteiger partial charge is 0.393 e. The molecule has 1 unspecified atom stereocenters. The molecule has 0 saturated carbocycles. The number of halogens is 4. The largest absolute Gasteiger partial charge is 0.417 e. The molecule has 1 rings (SSSR count). The molecule has 1 atom stereocenters. The molecule has 2 N–H and O–H groups in total. The van der Waals surface area contributed by atoms with E-state index in [0.717, 1.165) is 6.07 Å². The molecule has 0 spiro atoms. The van der Waals surface area contributed by atoms with Crippen molar-refractivity contribution in [3.63, 3.8) is 0 Å². The van der Waals surface area contributed by atoms with E-state index in [9.17, 15) is 18.0 Å². The Morgan fingerprint density at radius 1 is 1.47 bits per heavy atom. The molecule has 106 valence electrons. The van der Waals surface area contributed by atoms with Crippen molar-refractivity contribution in [3.8, 4) is 0 Å². The Bertz CT molecular complexity index is 461. The molecule has 3 nitrogen and oxygen atoms in total. The number of hydrogen-bond acceptors (Lipinski definition) is 2. The SMILES string of the molecule is CC(O)CCC(=O)Nc1ccc(Br)c(C(F)(F)F)c1. The van der Waals surface area contributed by atoms with Crippen molar-refractivity contribution in [2.45, 2.75) is 32.0 Å². The van der Waals surface area contributed by atoms with Gasteiger partial charge in [0.2, 0.25) is 5.91 Å². The van der Waals surface area contributed by atoms with Crippen LogP contribution in [0, 0.1) is 0 Å². The van der Waals surface area contributed by atoms with Gasteiger partial charge in [0.25, 0.3) is 0 Å². The molecule has 0 saturated heterocycles. The molecular weight excluding hydrogens is 327 g/mol. The number of benzene rings is 1. The second kappa shape index (κ2) is 6.38. The molecule has 0 radical (unpaired) electrons. The number of aliphatic hydroxyl groups excluding tert-OH is 1. The second-order valence-corrected chi connectivity index (χ2v) is 4.98. The van der Waals surface area contributed by atoms with Crippen LogP contribution in [0.5, 0.6) is 0 Å². The van der Waals surface area contributed by atoms with Gasteiger partial charge in [-0.1, -0.05) is 15.9 Å². The quantitative estimate of drug-likeness (QED) is 0.880. The maximum absolute atomic E-state index is 12.6. The first-order valence-electron chi connectivity index (χ1n) is 5.55. The van der Waals surface area contributed by atoms with E-state index in [2.05, 4.69) is 21.2 Å². The lowest BCUT2D eigenvalue weighted by Gasteiger charge is -2.12. The van der Waals surface area contributed by atoms with Gasteiger partial charge in [-0.25, -0.2) is 0 Å². The van der Waals surface area contributed by atoms with Gasteiger partial charge in [0, 0.05) is 16.6 Å². The second-order valence-electron chi connectivity index (χ2n) is 4.13. The van der Waals surface area contributed by atoms with Crippen LogP contribution < -0.4 is 5.32 Å². The molecular formula is C12H13BrF3NO2. The van der Waals surface area contributed by atoms with E-state index in [1.807, 2.05) is 0 Å². The third-order valence-electron chi connectivity index (χ3n) is 2.34. The number of aliphatic hydroxyl groups is 1. The highest BCUT2D eigenvalue weighted by Gasteiger charge is 2.33. The molecule has 1 aromatic rings. The summed E-state index contributed by atoms with van der Waals surface area (Å²) in [4.78, 5) is 11.4. The molecule has 0 aliphatic rings. The summed E-state index contributed by atoms with van der Waals surface area (Å²) in [6, 6.07) is 3.47. The van der Waals surface area contributed by atoms with Crippen LogP contribution >= 0.6 is 15.9 Å². The van der Waals surface area contributed by atoms with Crippen LogP contribution in [0.2, 0.25) is 0 Å². The number of alkyl halides is 3. The predicted octanol–water partition coefficient (Wildman–Crippen LogP) is 3.57. The van der Waals surface area contributed by atoms with Crippen molar-refractivity contribution in [1.82, 2.24) is 0 Å². The van der Waals surface area contributed by atoms with E-state index in [-0.39, 0.29) is 23.0 Å². The lowest BCUT2D eigenvalue weighted by atomic mass is 10.1. The molecule has 0 aliphatic carbocycles. The summed E-state index contributed by atoms with van der Waals surface area (Å²) >= 11 is 2.82. The summed E-state index contributed by atoms with van der Waals surface area (Å²) in [6.45, 7) is 1.54. The zero-order chi connectivity index (χ0) is 14.6. The van der Waals surface area contributed by atoms with Crippen molar-refractivity contribution in [2.24, 2.45) is 0 Å². The first-order chi connectivity index (χ1) is 8.70. The monoisotopic (exact) mass is 339 g/mol. The number of anilines is 1. The number of hydrogen-bond donors (Lipinski definition) is 2. The molecule has 0 aliphatic heterocycles. The Hall–Kier alpha value is -1.08. The Morgan fingerprint density at radius 2 is 2.11 bits per heavy atom. The summed E-state index contributed by atoms with van der Waals surface area (Å²) in [6.07, 6.45) is -4.80. The van der Waals surface area contributed by atoms with Gasteiger partial charge in [-0.2, -0.15) is 13.2 Å². The highest BCUT2D eigenvalue weighted by molar-refractivity contribution is 9.10. The minimum absolute atomic E-state index is 0.0507. The van der Waals surface area contributed by atoms with Gasteiger partial charge in [-0.3, -0.25) is 4.79 Å². The van der Waals surface area contributed by atoms with Crippen molar-refractivity contribution in [2.75, 3.05) is 5.32 Å². The van der Waals surface area contributed by atoms with Crippen LogP contribution in [0.15, 0.2) is 22.7 Å². The Balaban J connectivity index is 2.78. The Kier molecular flexibility index (Phi) is 5.37. The van der Waals surface area contributed by atoms with Gasteiger partial charge in [-0.05, 0) is 31.5 Å². The standard InChI is InChI=1S/C12H13BrF3NO2/c1-7(18)2-5-11(19)17-8-3-4-10(13)9(6-8)12(14,15)16/h3-4,6-7,18H,2,5H2,1H3,(H,17,19). The zero-order valence-electron chi connectivity index (χ0n) is 10.1. The third-order valence-corrected chi connectivity index (χ3v) is 3.04. The summed E-state index contributed by atoms with van der Waals surface area (Å²) in [7, 11) is 0. The van der Waals surface area contributed by atoms with Crippen LogP contribution in [0.25, 0.3) is 0 Å². The van der Waals surface area contributed by atoms with Crippen LogP contribution in [0.1, 0.15) is 25.3 Å². The molecule has 0 heterocycles. The Labute approximate surface area is 116 Å². The minimum atomic E-state index is -4.49. The lowest BCUT2D eigenvalue weighted by molar-refractivity contribution is -0.138. The topological polar surface area (TPSA) is 49.3 Å². The van der Waals surface area contributed by atoms with Crippen LogP contribution in [0.3, 0.4) is 0 Å². The fraction of sp³-hybridized carbons (Fsp3) is 0.417. The van der Waals surface area contributed by atoms with E-state index in [4.69, 9.17) is 5.11 Å². The number of nitrogens with one attached hydrogen (secondary N) is 1. The van der Waals surface area contributed by atoms with Crippen LogP contribution in [-0.2, 0) is 11.0 Å². The van der Waals surface area contributed by atoms with Crippen molar-refractivity contribution in [3.05, 3.63) is 28.2 Å². The van der Waals surface area contributed by atoms with Gasteiger partial charge in [-0.15, -0.1) is 0 Å². The first-order valence-corrected chi connectivity index (χ1v) is 6.34. The predicted molar refractivity (Wildman–Crippen MR) is 68.7 cm³/mol. The highest BCUT2D eigenvalue weighted by Crippen LogP contribution is 2.36. The lowest BCUT2D eigenvalue weighted by Crippen LogP contribution is -2.15. The average molecular weight is 340 g/mol. The Morgan fingerprint density at radius 3 is 2.63 bits per heavy atom. The summed E-state index contributed by atoms with van der Waals surface area (Å²) in [5.74, 6) is -0.434. The maximum atomic E-state index is 12.6. The number of amides is 1. The summed E-state index contributed by atoms with van der Waals surface area (Å²) in [5, 5.41) is 11.4. The number of carbonyl (C=O) groups is 1. The molecule has 19 heavy (non-hydrogen) atoms. The van der Waals surface area contributed by atoms with E-state index < -0.39 is 23.8 Å². The van der Waals surface area contributed by atoms with Gasteiger partial charge >= 0.3 is 6.18 Å². The fourth-order valence-electron chi connectivity index (χ4n) is 1.38. The third kappa shape index (κ3) is 5.20. The van der Waals surface area contributed by atoms with Crippen LogP contribution in [-0.4, -0.2) is 17.1 Å². The van der Waals surface area contributed by atoms with Gasteiger partial charge in [0.15, 0.2) is 0 Å². The zero-order valence-corrected chi connectivity index (χ0v) is 11.7. The van der Waals surface area contributed by atoms with Crippen molar-refractivity contribution < 1.29 is 23.1 Å². The van der Waals surface area contributed by atoms with Gasteiger partial charge in [0.05, 0.1) is 11.7 Å². The van der Waals surface area contributed by atoms with Crippen molar-refractivity contribution in [1.29, 1.82) is 0 Å². The van der Waals surface area contributed by atoms with Gasteiger partial charge < -0.3 is 10.4 Å². The molecule has 7 heteroatoms. The minimum Gasteiger partial charge on any atom is -0.393 e. The molecule has 0 bridgehead atoms. The molecule has 0 fully saturated rings. The van der Waals surface area contributed by atoms with E-state index in [1.165, 1.54) is 19.1 Å². The van der Waals surface area contributed by atoms with E-state index in [0.29, 0.717) is 0 Å².